The molecule has 3 heteroatoms. The molecular formula is C10H14FNO. The molecule has 0 amide bonds. The largest absolute Gasteiger partial charge is 0.392 e. The summed E-state index contributed by atoms with van der Waals surface area (Å²) in [6.07, 6.45) is -0.428. The van der Waals surface area contributed by atoms with E-state index in [0.29, 0.717) is 6.54 Å². The molecule has 2 N–H and O–H groups in total. The quantitative estimate of drug-likeness (QED) is 0.750. The fourth-order valence-corrected chi connectivity index (χ4v) is 1.04. The van der Waals surface area contributed by atoms with E-state index in [2.05, 4.69) is 5.32 Å². The van der Waals surface area contributed by atoms with Gasteiger partial charge in [-0.25, -0.2) is 4.39 Å². The zero-order valence-electron chi connectivity index (χ0n) is 7.84. The van der Waals surface area contributed by atoms with Crippen molar-refractivity contribution in [1.82, 2.24) is 0 Å². The molecule has 0 radical (unpaired) electrons. The van der Waals surface area contributed by atoms with Gasteiger partial charge < -0.3 is 10.4 Å². The maximum Gasteiger partial charge on any atom is 0.125 e. The molecule has 2 nitrogen and oxygen atoms in total. The van der Waals surface area contributed by atoms with Crippen LogP contribution in [0.25, 0.3) is 0 Å². The first-order chi connectivity index (χ1) is 6.09. The number of benzene rings is 1. The predicted molar refractivity (Wildman–Crippen MR) is 51.3 cm³/mol. The van der Waals surface area contributed by atoms with E-state index in [9.17, 15) is 4.39 Å². The van der Waals surface area contributed by atoms with Crippen molar-refractivity contribution in [3.05, 3.63) is 29.6 Å². The third kappa shape index (κ3) is 3.03. The Morgan fingerprint density at radius 2 is 2.23 bits per heavy atom. The van der Waals surface area contributed by atoms with Gasteiger partial charge in [0.25, 0.3) is 0 Å². The van der Waals surface area contributed by atoms with Gasteiger partial charge in [0.2, 0.25) is 0 Å². The lowest BCUT2D eigenvalue weighted by molar-refractivity contribution is 0.208. The lowest BCUT2D eigenvalue weighted by Crippen LogP contribution is -2.15. The molecule has 0 heterocycles. The van der Waals surface area contributed by atoms with Crippen LogP contribution in [0.5, 0.6) is 0 Å². The van der Waals surface area contributed by atoms with Gasteiger partial charge in [-0.05, 0) is 31.5 Å². The van der Waals surface area contributed by atoms with E-state index in [1.807, 2.05) is 6.92 Å². The highest BCUT2D eigenvalue weighted by Crippen LogP contribution is 2.15. The first-order valence-electron chi connectivity index (χ1n) is 4.27. The topological polar surface area (TPSA) is 32.3 Å². The van der Waals surface area contributed by atoms with E-state index in [4.69, 9.17) is 5.11 Å². The lowest BCUT2D eigenvalue weighted by atomic mass is 10.2. The highest BCUT2D eigenvalue weighted by atomic mass is 19.1. The van der Waals surface area contributed by atoms with Crippen LogP contribution < -0.4 is 5.32 Å². The van der Waals surface area contributed by atoms with E-state index >= 15 is 0 Å². The first-order valence-corrected chi connectivity index (χ1v) is 4.27. The van der Waals surface area contributed by atoms with Crippen LogP contribution in [0.4, 0.5) is 10.1 Å². The van der Waals surface area contributed by atoms with Crippen molar-refractivity contribution in [2.24, 2.45) is 0 Å². The summed E-state index contributed by atoms with van der Waals surface area (Å²) in [5, 5.41) is 12.0. The van der Waals surface area contributed by atoms with Crippen molar-refractivity contribution in [3.8, 4) is 0 Å². The molecule has 13 heavy (non-hydrogen) atoms. The van der Waals surface area contributed by atoms with Crippen molar-refractivity contribution in [2.75, 3.05) is 11.9 Å². The summed E-state index contributed by atoms with van der Waals surface area (Å²) in [4.78, 5) is 0. The minimum Gasteiger partial charge on any atom is -0.392 e. The molecule has 1 rings (SSSR count). The summed E-state index contributed by atoms with van der Waals surface area (Å²) >= 11 is 0. The number of hydrogen-bond donors (Lipinski definition) is 2. The van der Waals surface area contributed by atoms with Crippen molar-refractivity contribution >= 4 is 5.69 Å². The van der Waals surface area contributed by atoms with Crippen molar-refractivity contribution in [3.63, 3.8) is 0 Å². The van der Waals surface area contributed by atoms with Gasteiger partial charge in [0.15, 0.2) is 0 Å². The van der Waals surface area contributed by atoms with Crippen LogP contribution in [0.3, 0.4) is 0 Å². The minimum atomic E-state index is -0.428. The van der Waals surface area contributed by atoms with Gasteiger partial charge in [-0.3, -0.25) is 0 Å². The Morgan fingerprint density at radius 1 is 1.54 bits per heavy atom. The Bertz CT molecular complexity index is 286. The second-order valence-corrected chi connectivity index (χ2v) is 3.19. The van der Waals surface area contributed by atoms with Gasteiger partial charge in [0.05, 0.1) is 6.10 Å². The lowest BCUT2D eigenvalue weighted by Gasteiger charge is -2.10. The van der Waals surface area contributed by atoms with E-state index in [1.165, 1.54) is 12.1 Å². The Balaban J connectivity index is 2.70. The molecule has 0 bridgehead atoms. The highest BCUT2D eigenvalue weighted by Gasteiger charge is 2.00. The van der Waals surface area contributed by atoms with E-state index in [0.717, 1.165) is 11.3 Å². The average molecular weight is 183 g/mol. The molecule has 1 aromatic rings. The zero-order chi connectivity index (χ0) is 9.84. The maximum absolute atomic E-state index is 12.8. The van der Waals surface area contributed by atoms with E-state index in [-0.39, 0.29) is 5.82 Å². The van der Waals surface area contributed by atoms with Crippen LogP contribution in [-0.2, 0) is 0 Å². The molecule has 1 aromatic carbocycles. The van der Waals surface area contributed by atoms with Gasteiger partial charge in [-0.1, -0.05) is 6.07 Å². The van der Waals surface area contributed by atoms with Crippen LogP contribution in [-0.4, -0.2) is 17.8 Å². The maximum atomic E-state index is 12.8. The standard InChI is InChI=1S/C10H14FNO/c1-7-3-4-9(11)5-10(7)12-6-8(2)13/h3-5,8,12-13H,6H2,1-2H3. The van der Waals surface area contributed by atoms with E-state index in [1.54, 1.807) is 13.0 Å². The number of aliphatic hydroxyl groups excluding tert-OH is 1. The van der Waals surface area contributed by atoms with Crippen LogP contribution in [0, 0.1) is 12.7 Å². The Hall–Kier alpha value is -1.09. The predicted octanol–water partition coefficient (Wildman–Crippen LogP) is 1.93. The second-order valence-electron chi connectivity index (χ2n) is 3.19. The Labute approximate surface area is 77.4 Å². The van der Waals surface area contributed by atoms with Crippen LogP contribution >= 0.6 is 0 Å². The summed E-state index contributed by atoms with van der Waals surface area (Å²) in [6, 6.07) is 4.56. The van der Waals surface area contributed by atoms with Gasteiger partial charge in [-0.15, -0.1) is 0 Å². The number of aliphatic hydroxyl groups is 1. The van der Waals surface area contributed by atoms with Gasteiger partial charge in [-0.2, -0.15) is 0 Å². The molecule has 0 saturated carbocycles. The van der Waals surface area contributed by atoms with Crippen molar-refractivity contribution in [1.29, 1.82) is 0 Å². The smallest absolute Gasteiger partial charge is 0.125 e. The summed E-state index contributed by atoms with van der Waals surface area (Å²) in [6.45, 7) is 4.01. The van der Waals surface area contributed by atoms with E-state index < -0.39 is 6.10 Å². The summed E-state index contributed by atoms with van der Waals surface area (Å²) in [5.41, 5.74) is 1.71. The SMILES string of the molecule is Cc1ccc(F)cc1NCC(C)O. The number of anilines is 1. The Morgan fingerprint density at radius 3 is 2.85 bits per heavy atom. The number of nitrogens with one attached hydrogen (secondary N) is 1. The summed E-state index contributed by atoms with van der Waals surface area (Å²) < 4.78 is 12.8. The fourth-order valence-electron chi connectivity index (χ4n) is 1.04. The molecule has 0 fully saturated rings. The third-order valence-electron chi connectivity index (χ3n) is 1.79. The number of rotatable bonds is 3. The minimum absolute atomic E-state index is 0.265. The summed E-state index contributed by atoms with van der Waals surface area (Å²) in [7, 11) is 0. The van der Waals surface area contributed by atoms with Crippen LogP contribution in [0.2, 0.25) is 0 Å². The average Bonchev–Trinajstić information content (AvgIpc) is 2.06. The van der Waals surface area contributed by atoms with Crippen LogP contribution in [0.1, 0.15) is 12.5 Å². The zero-order valence-corrected chi connectivity index (χ0v) is 7.84. The Kier molecular flexibility index (Phi) is 3.25. The molecule has 0 aliphatic carbocycles. The monoisotopic (exact) mass is 183 g/mol. The van der Waals surface area contributed by atoms with Crippen molar-refractivity contribution < 1.29 is 9.50 Å². The summed E-state index contributed by atoms with van der Waals surface area (Å²) in [5.74, 6) is -0.265. The number of aryl methyl sites for hydroxylation is 1. The first kappa shape index (κ1) is 9.99. The highest BCUT2D eigenvalue weighted by molar-refractivity contribution is 5.50. The molecule has 0 aliphatic heterocycles. The molecule has 0 saturated heterocycles. The van der Waals surface area contributed by atoms with Gasteiger partial charge in [0, 0.05) is 12.2 Å². The number of hydrogen-bond acceptors (Lipinski definition) is 2. The molecule has 72 valence electrons. The molecule has 0 spiro atoms. The number of halogens is 1. The third-order valence-corrected chi connectivity index (χ3v) is 1.79. The second kappa shape index (κ2) is 4.23. The molecule has 0 aliphatic rings. The normalized spacial score (nSPS) is 12.6. The van der Waals surface area contributed by atoms with Crippen molar-refractivity contribution in [2.45, 2.75) is 20.0 Å². The molecular weight excluding hydrogens is 169 g/mol. The molecule has 1 unspecified atom stereocenters. The van der Waals surface area contributed by atoms with Gasteiger partial charge in [0.1, 0.15) is 5.82 Å². The molecule has 0 aromatic heterocycles. The fraction of sp³-hybridized carbons (Fsp3) is 0.400. The van der Waals surface area contributed by atoms with Gasteiger partial charge >= 0.3 is 0 Å². The molecule has 1 atom stereocenters. The van der Waals surface area contributed by atoms with Crippen LogP contribution in [0.15, 0.2) is 18.2 Å².